The van der Waals surface area contributed by atoms with Crippen molar-refractivity contribution in [1.29, 1.82) is 0 Å². The third-order valence-corrected chi connectivity index (χ3v) is 4.67. The van der Waals surface area contributed by atoms with Crippen molar-refractivity contribution in [3.8, 4) is 0 Å². The fraction of sp³-hybridized carbons (Fsp3) is 0.438. The van der Waals surface area contributed by atoms with Gasteiger partial charge >= 0.3 is 6.03 Å². The van der Waals surface area contributed by atoms with Gasteiger partial charge in [-0.05, 0) is 37.6 Å². The fourth-order valence-electron chi connectivity index (χ4n) is 2.69. The maximum Gasteiger partial charge on any atom is 0.321 e. The summed E-state index contributed by atoms with van der Waals surface area (Å²) in [5.74, 6) is -0.667. The first-order valence-corrected chi connectivity index (χ1v) is 8.68. The molecule has 7 nitrogen and oxygen atoms in total. The Morgan fingerprint density at radius 2 is 1.96 bits per heavy atom. The van der Waals surface area contributed by atoms with E-state index in [4.69, 9.17) is 23.2 Å². The van der Waals surface area contributed by atoms with E-state index in [1.54, 1.807) is 23.1 Å². The molecule has 1 aromatic rings. The van der Waals surface area contributed by atoms with E-state index < -0.39 is 18.0 Å². The van der Waals surface area contributed by atoms with Gasteiger partial charge in [-0.25, -0.2) is 4.79 Å². The van der Waals surface area contributed by atoms with E-state index in [9.17, 15) is 14.4 Å². The van der Waals surface area contributed by atoms with Gasteiger partial charge in [0.2, 0.25) is 11.8 Å². The maximum atomic E-state index is 12.6. The van der Waals surface area contributed by atoms with Gasteiger partial charge < -0.3 is 10.6 Å². The standard InChI is InChI=1S/C16H20Cl2N4O3/c1-19-16(25)21-14(23)9-22-7-3-2-4-13(22)15(24)20-10-5-6-11(17)12(18)8-10/h5-6,8,13H,2-4,7,9H2,1H3,(H,20,24)(H2,19,21,23,25). The zero-order valence-corrected chi connectivity index (χ0v) is 15.3. The number of anilines is 1. The van der Waals surface area contributed by atoms with Crippen molar-refractivity contribution in [3.05, 3.63) is 28.2 Å². The second-order valence-electron chi connectivity index (χ2n) is 5.73. The van der Waals surface area contributed by atoms with Crippen molar-refractivity contribution in [2.24, 2.45) is 0 Å². The van der Waals surface area contributed by atoms with E-state index in [1.165, 1.54) is 7.05 Å². The first-order chi connectivity index (χ1) is 11.9. The van der Waals surface area contributed by atoms with Gasteiger partial charge in [-0.1, -0.05) is 29.6 Å². The van der Waals surface area contributed by atoms with Crippen LogP contribution in [0.25, 0.3) is 0 Å². The molecule has 0 radical (unpaired) electrons. The molecule has 1 fully saturated rings. The van der Waals surface area contributed by atoms with E-state index in [1.807, 2.05) is 0 Å². The molecule has 0 aliphatic carbocycles. The number of amides is 4. The summed E-state index contributed by atoms with van der Waals surface area (Å²) in [6.45, 7) is 0.591. The SMILES string of the molecule is CNC(=O)NC(=O)CN1CCCCC1C(=O)Nc1ccc(Cl)c(Cl)c1. The molecule has 0 spiro atoms. The van der Waals surface area contributed by atoms with Gasteiger partial charge in [0, 0.05) is 12.7 Å². The minimum atomic E-state index is -0.571. The molecule has 1 aliphatic heterocycles. The summed E-state index contributed by atoms with van der Waals surface area (Å²) < 4.78 is 0. The second kappa shape index (κ2) is 9.03. The van der Waals surface area contributed by atoms with Crippen LogP contribution in [0, 0.1) is 0 Å². The molecule has 1 saturated heterocycles. The molecule has 0 aromatic heterocycles. The molecule has 3 N–H and O–H groups in total. The number of hydrogen-bond donors (Lipinski definition) is 3. The number of nitrogens with one attached hydrogen (secondary N) is 3. The first kappa shape index (κ1) is 19.5. The molecule has 1 unspecified atom stereocenters. The lowest BCUT2D eigenvalue weighted by atomic mass is 10.0. The smallest absolute Gasteiger partial charge is 0.321 e. The average Bonchev–Trinajstić information content (AvgIpc) is 2.58. The number of likely N-dealkylation sites (tertiary alicyclic amines) is 1. The lowest BCUT2D eigenvalue weighted by Gasteiger charge is -2.33. The Kier molecular flexibility index (Phi) is 7.04. The van der Waals surface area contributed by atoms with Crippen LogP contribution in [0.2, 0.25) is 10.0 Å². The number of carbonyl (C=O) groups is 3. The van der Waals surface area contributed by atoms with Crippen LogP contribution in [0.1, 0.15) is 19.3 Å². The number of benzene rings is 1. The number of nitrogens with zero attached hydrogens (tertiary/aromatic N) is 1. The number of imide groups is 1. The van der Waals surface area contributed by atoms with E-state index in [0.717, 1.165) is 12.8 Å². The van der Waals surface area contributed by atoms with Crippen molar-refractivity contribution in [2.45, 2.75) is 25.3 Å². The highest BCUT2D eigenvalue weighted by Crippen LogP contribution is 2.26. The topological polar surface area (TPSA) is 90.5 Å². The predicted molar refractivity (Wildman–Crippen MR) is 96.9 cm³/mol. The molecular weight excluding hydrogens is 367 g/mol. The van der Waals surface area contributed by atoms with Gasteiger partial charge in [-0.3, -0.25) is 19.8 Å². The Morgan fingerprint density at radius 3 is 2.64 bits per heavy atom. The van der Waals surface area contributed by atoms with E-state index >= 15 is 0 Å². The van der Waals surface area contributed by atoms with Crippen LogP contribution in [0.3, 0.4) is 0 Å². The summed E-state index contributed by atoms with van der Waals surface area (Å²) in [6, 6.07) is 3.83. The summed E-state index contributed by atoms with van der Waals surface area (Å²) in [5.41, 5.74) is 0.541. The third-order valence-electron chi connectivity index (χ3n) is 3.93. The lowest BCUT2D eigenvalue weighted by Crippen LogP contribution is -2.52. The number of rotatable bonds is 4. The van der Waals surface area contributed by atoms with Crippen LogP contribution in [0.15, 0.2) is 18.2 Å². The van der Waals surface area contributed by atoms with Crippen LogP contribution in [-0.2, 0) is 9.59 Å². The number of carbonyl (C=O) groups excluding carboxylic acids is 3. The van der Waals surface area contributed by atoms with E-state index in [0.29, 0.717) is 28.7 Å². The van der Waals surface area contributed by atoms with Gasteiger partial charge in [-0.2, -0.15) is 0 Å². The summed E-state index contributed by atoms with van der Waals surface area (Å²) in [6.07, 6.45) is 2.43. The van der Waals surface area contributed by atoms with Crippen molar-refractivity contribution in [1.82, 2.24) is 15.5 Å². The average molecular weight is 387 g/mol. The van der Waals surface area contributed by atoms with Gasteiger partial charge in [0.25, 0.3) is 0 Å². The highest BCUT2D eigenvalue weighted by Gasteiger charge is 2.30. The Morgan fingerprint density at radius 1 is 1.20 bits per heavy atom. The minimum absolute atomic E-state index is 0.0210. The highest BCUT2D eigenvalue weighted by atomic mass is 35.5. The third kappa shape index (κ3) is 5.59. The molecule has 25 heavy (non-hydrogen) atoms. The Bertz CT molecular complexity index is 669. The quantitative estimate of drug-likeness (QED) is 0.739. The molecule has 4 amide bonds. The Labute approximate surface area is 156 Å². The molecule has 136 valence electrons. The van der Waals surface area contributed by atoms with Crippen molar-refractivity contribution < 1.29 is 14.4 Å². The van der Waals surface area contributed by atoms with Crippen LogP contribution < -0.4 is 16.0 Å². The van der Waals surface area contributed by atoms with Crippen molar-refractivity contribution >= 4 is 46.7 Å². The highest BCUT2D eigenvalue weighted by molar-refractivity contribution is 6.42. The molecule has 1 heterocycles. The Hall–Kier alpha value is -1.83. The van der Waals surface area contributed by atoms with Gasteiger partial charge in [0.15, 0.2) is 0 Å². The van der Waals surface area contributed by atoms with Gasteiger partial charge in [0.1, 0.15) is 0 Å². The fourth-order valence-corrected chi connectivity index (χ4v) is 2.99. The second-order valence-corrected chi connectivity index (χ2v) is 6.54. The van der Waals surface area contributed by atoms with Crippen LogP contribution in [0.5, 0.6) is 0 Å². The molecule has 0 saturated carbocycles. The molecule has 2 rings (SSSR count). The number of hydrogen-bond acceptors (Lipinski definition) is 4. The largest absolute Gasteiger partial charge is 0.341 e. The molecular formula is C16H20Cl2N4O3. The predicted octanol–water partition coefficient (Wildman–Crippen LogP) is 2.24. The number of urea groups is 1. The van der Waals surface area contributed by atoms with E-state index in [-0.39, 0.29) is 12.5 Å². The molecule has 9 heteroatoms. The molecule has 1 aliphatic rings. The minimum Gasteiger partial charge on any atom is -0.341 e. The number of halogens is 2. The number of piperidine rings is 1. The first-order valence-electron chi connectivity index (χ1n) is 7.92. The normalized spacial score (nSPS) is 17.6. The summed E-state index contributed by atoms with van der Waals surface area (Å²) >= 11 is 11.8. The lowest BCUT2D eigenvalue weighted by molar-refractivity contribution is -0.126. The van der Waals surface area contributed by atoms with Crippen molar-refractivity contribution in [3.63, 3.8) is 0 Å². The maximum absolute atomic E-state index is 12.6. The Balaban J connectivity index is 2.00. The van der Waals surface area contributed by atoms with Gasteiger partial charge in [0.05, 0.1) is 22.6 Å². The summed E-state index contributed by atoms with van der Waals surface area (Å²) in [4.78, 5) is 37.5. The van der Waals surface area contributed by atoms with E-state index in [2.05, 4.69) is 16.0 Å². The molecule has 0 bridgehead atoms. The van der Waals surface area contributed by atoms with Crippen LogP contribution in [0.4, 0.5) is 10.5 Å². The molecule has 1 atom stereocenters. The summed E-state index contributed by atoms with van der Waals surface area (Å²) in [7, 11) is 1.43. The zero-order valence-electron chi connectivity index (χ0n) is 13.8. The summed E-state index contributed by atoms with van der Waals surface area (Å²) in [5, 5.41) is 8.08. The van der Waals surface area contributed by atoms with Crippen molar-refractivity contribution in [2.75, 3.05) is 25.5 Å². The molecule has 1 aromatic carbocycles. The van der Waals surface area contributed by atoms with Crippen LogP contribution in [-0.4, -0.2) is 48.9 Å². The van der Waals surface area contributed by atoms with Gasteiger partial charge in [-0.15, -0.1) is 0 Å². The zero-order chi connectivity index (χ0) is 18.4. The van der Waals surface area contributed by atoms with Crippen LogP contribution >= 0.6 is 23.2 Å². The monoisotopic (exact) mass is 386 g/mol.